The maximum Gasteiger partial charge on any atom is 0.0714 e. The lowest BCUT2D eigenvalue weighted by atomic mass is 9.63. The van der Waals surface area contributed by atoms with Crippen LogP contribution in [0.25, 0.3) is 60.9 Å². The van der Waals surface area contributed by atoms with Crippen molar-refractivity contribution in [3.8, 4) is 39.1 Å². The van der Waals surface area contributed by atoms with Gasteiger partial charge in [-0.3, -0.25) is 0 Å². The molecule has 3 atom stereocenters. The molecule has 4 aliphatic rings. The highest BCUT2D eigenvalue weighted by Crippen LogP contribution is 2.62. The number of nitrogens with zero attached hydrogens (tertiary/aromatic N) is 2. The summed E-state index contributed by atoms with van der Waals surface area (Å²) in [5, 5.41) is 2.46. The second-order valence-corrected chi connectivity index (χ2v) is 26.1. The van der Waals surface area contributed by atoms with Crippen molar-refractivity contribution in [1.82, 2.24) is 4.57 Å². The van der Waals surface area contributed by atoms with Gasteiger partial charge in [-0.2, -0.15) is 0 Å². The number of allylic oxidation sites excluding steroid dienone is 4. The summed E-state index contributed by atoms with van der Waals surface area (Å²) in [5.74, 6) is 0.463. The van der Waals surface area contributed by atoms with Crippen LogP contribution in [0.3, 0.4) is 0 Å². The minimum atomic E-state index is -0.589. The minimum absolute atomic E-state index is 0.201. The van der Waals surface area contributed by atoms with Crippen LogP contribution in [0, 0.1) is 5.92 Å². The molecule has 0 radical (unpaired) electrons. The Balaban J connectivity index is 0.815. The molecule has 0 saturated carbocycles. The molecule has 3 unspecified atom stereocenters. The van der Waals surface area contributed by atoms with Crippen LogP contribution in [0.15, 0.2) is 376 Å². The number of rotatable bonds is 11. The van der Waals surface area contributed by atoms with Crippen LogP contribution in [0.5, 0.6) is 0 Å². The molecule has 0 bridgehead atoms. The molecule has 0 amide bonds. The van der Waals surface area contributed by atoms with Crippen LogP contribution in [0.4, 0.5) is 17.1 Å². The first-order chi connectivity index (χ1) is 47.1. The van der Waals surface area contributed by atoms with Crippen molar-refractivity contribution < 1.29 is 0 Å². The van der Waals surface area contributed by atoms with E-state index in [2.05, 4.69) is 386 Å². The van der Waals surface area contributed by atoms with Gasteiger partial charge in [0.15, 0.2) is 0 Å². The van der Waals surface area contributed by atoms with Crippen molar-refractivity contribution in [2.24, 2.45) is 5.92 Å². The summed E-state index contributed by atoms with van der Waals surface area (Å²) in [5.41, 5.74) is 27.9. The zero-order valence-corrected chi connectivity index (χ0v) is 52.3. The molecular weight excluding hydrogens is 1150 g/mol. The van der Waals surface area contributed by atoms with Gasteiger partial charge in [-0.25, -0.2) is 0 Å². The van der Waals surface area contributed by atoms with Crippen LogP contribution < -0.4 is 4.90 Å². The maximum atomic E-state index is 2.54. The first-order valence-electron chi connectivity index (χ1n) is 33.4. The van der Waals surface area contributed by atoms with Crippen molar-refractivity contribution in [3.63, 3.8) is 0 Å². The van der Waals surface area contributed by atoms with Crippen molar-refractivity contribution in [2.75, 3.05) is 4.90 Å². The van der Waals surface area contributed by atoms with Crippen LogP contribution in [-0.2, 0) is 16.2 Å². The largest absolute Gasteiger partial charge is 0.310 e. The van der Waals surface area contributed by atoms with Crippen molar-refractivity contribution in [2.45, 2.75) is 22.2 Å². The van der Waals surface area contributed by atoms with E-state index in [4.69, 9.17) is 0 Å². The average Bonchev–Trinajstić information content (AvgIpc) is 1.57. The van der Waals surface area contributed by atoms with E-state index < -0.39 is 16.2 Å². The minimum Gasteiger partial charge on any atom is -0.310 e. The fourth-order valence-corrected chi connectivity index (χ4v) is 17.9. The Bertz CT molecular complexity index is 5270. The monoisotopic (exact) mass is 1210 g/mol. The van der Waals surface area contributed by atoms with Crippen LogP contribution in [0.2, 0.25) is 0 Å². The third kappa shape index (κ3) is 7.92. The molecule has 15 aromatic rings. The SMILES string of the molecule is C1=CC2c3ccccc3C(c3ccccc3)(c3ccc4c(c3)c3cc(-c5ccc(N(c6ccc7c(c6)C(c6ccccc6)(c6ccccc6)c6ccccc6-7)c6ccc7c(c6)C(c6ccccc6)(c6ccccc6)c6ccccc6-7)cc5)ccc3n4-c3ccccc3)C2C=C1. The van der Waals surface area contributed by atoms with Gasteiger partial charge in [0.05, 0.1) is 27.3 Å². The van der Waals surface area contributed by atoms with E-state index in [0.717, 1.165) is 33.9 Å². The first kappa shape index (κ1) is 54.9. The Hall–Kier alpha value is -11.8. The lowest BCUT2D eigenvalue weighted by Gasteiger charge is -2.39. The fourth-order valence-electron chi connectivity index (χ4n) is 17.9. The quantitative estimate of drug-likeness (QED) is 0.125. The normalized spacial score (nSPS) is 17.2. The van der Waals surface area contributed by atoms with Crippen LogP contribution >= 0.6 is 0 Å². The van der Waals surface area contributed by atoms with Crippen molar-refractivity contribution in [3.05, 3.63) is 443 Å². The van der Waals surface area contributed by atoms with Gasteiger partial charge < -0.3 is 9.47 Å². The number of aromatic nitrogens is 1. The molecule has 0 aliphatic heterocycles. The van der Waals surface area contributed by atoms with Crippen molar-refractivity contribution >= 4 is 38.9 Å². The molecule has 95 heavy (non-hydrogen) atoms. The zero-order valence-electron chi connectivity index (χ0n) is 52.3. The fraction of sp³-hybridized carbons (Fsp3) is 0.0538. The Kier molecular flexibility index (Phi) is 12.5. The Morgan fingerprint density at radius 2 is 0.684 bits per heavy atom. The van der Waals surface area contributed by atoms with Gasteiger partial charge in [0.25, 0.3) is 0 Å². The summed E-state index contributed by atoms with van der Waals surface area (Å²) in [6, 6.07) is 133. The van der Waals surface area contributed by atoms with E-state index in [9.17, 15) is 0 Å². The second kappa shape index (κ2) is 21.6. The van der Waals surface area contributed by atoms with E-state index in [1.807, 2.05) is 0 Å². The topological polar surface area (TPSA) is 8.17 Å². The number of hydrogen-bond donors (Lipinski definition) is 0. The van der Waals surface area contributed by atoms with Crippen LogP contribution in [-0.4, -0.2) is 4.57 Å². The average molecular weight is 1210 g/mol. The zero-order chi connectivity index (χ0) is 62.7. The van der Waals surface area contributed by atoms with Gasteiger partial charge in [-0.1, -0.05) is 303 Å². The Morgan fingerprint density at radius 1 is 0.274 bits per heavy atom. The molecule has 2 heteroatoms. The first-order valence-corrected chi connectivity index (χ1v) is 33.4. The van der Waals surface area contributed by atoms with Crippen LogP contribution in [0.1, 0.15) is 72.7 Å². The van der Waals surface area contributed by atoms with Gasteiger partial charge in [0, 0.05) is 45.4 Å². The number of fused-ring (bicyclic) bond motifs is 12. The van der Waals surface area contributed by atoms with Crippen molar-refractivity contribution in [1.29, 1.82) is 0 Å². The van der Waals surface area contributed by atoms with E-state index in [1.54, 1.807) is 0 Å². The summed E-state index contributed by atoms with van der Waals surface area (Å²) in [6.07, 6.45) is 9.40. The van der Waals surface area contributed by atoms with Gasteiger partial charge >= 0.3 is 0 Å². The molecule has 2 nitrogen and oxygen atoms in total. The standard InChI is InChI=1S/C93H64N2/c1-7-27-65(28-8-1)91(66-29-9-2-10-30-66)83-43-23-21-41-77(83)79-55-53-73(61-87(79)91)94(74-54-56-80-78-42-22-24-44-84(78)92(88(80)62-74,67-31-11-3-12-32-67)68-33-13-4-14-34-68)72-51-47-63(48-52-72)64-49-57-89-81(59-64)82-60-70(50-58-90(82)95(89)71-37-17-6-18-38-71)93(69-35-15-5-16-36-69)85-45-25-19-39-75(85)76-40-20-26-46-86(76)93/h1-62,75,85H. The highest BCUT2D eigenvalue weighted by atomic mass is 15.1. The van der Waals surface area contributed by atoms with Gasteiger partial charge in [0.1, 0.15) is 0 Å². The molecule has 4 aliphatic carbocycles. The van der Waals surface area contributed by atoms with E-state index in [-0.39, 0.29) is 11.8 Å². The summed E-state index contributed by atoms with van der Waals surface area (Å²) in [7, 11) is 0. The molecular formula is C93H64N2. The third-order valence-corrected chi connectivity index (χ3v) is 21.7. The summed E-state index contributed by atoms with van der Waals surface area (Å²) >= 11 is 0. The number of hydrogen-bond acceptors (Lipinski definition) is 1. The molecule has 1 aromatic heterocycles. The molecule has 19 rings (SSSR count). The smallest absolute Gasteiger partial charge is 0.0714 e. The van der Waals surface area contributed by atoms with Gasteiger partial charge in [0.2, 0.25) is 0 Å². The molecule has 0 saturated heterocycles. The van der Waals surface area contributed by atoms with Gasteiger partial charge in [-0.05, 0) is 173 Å². The lowest BCUT2D eigenvalue weighted by molar-refractivity contribution is 0.457. The highest BCUT2D eigenvalue weighted by molar-refractivity contribution is 6.11. The molecule has 446 valence electrons. The maximum absolute atomic E-state index is 2.54. The molecule has 0 fully saturated rings. The van der Waals surface area contributed by atoms with E-state index in [1.165, 1.54) is 111 Å². The van der Waals surface area contributed by atoms with Gasteiger partial charge in [-0.15, -0.1) is 0 Å². The number of para-hydroxylation sites is 1. The summed E-state index contributed by atoms with van der Waals surface area (Å²) < 4.78 is 2.46. The molecule has 14 aromatic carbocycles. The predicted molar refractivity (Wildman–Crippen MR) is 393 cm³/mol. The molecule has 0 N–H and O–H groups in total. The molecule has 1 heterocycles. The Labute approximate surface area is 555 Å². The summed E-state index contributed by atoms with van der Waals surface area (Å²) in [6.45, 7) is 0. The third-order valence-electron chi connectivity index (χ3n) is 21.7. The number of anilines is 3. The molecule has 0 spiro atoms. The van der Waals surface area contributed by atoms with E-state index >= 15 is 0 Å². The highest BCUT2D eigenvalue weighted by Gasteiger charge is 2.53. The number of benzene rings is 14. The second-order valence-electron chi connectivity index (χ2n) is 26.1. The predicted octanol–water partition coefficient (Wildman–Crippen LogP) is 22.8. The summed E-state index contributed by atoms with van der Waals surface area (Å²) in [4.78, 5) is 2.52. The lowest BCUT2D eigenvalue weighted by Crippen LogP contribution is -2.35. The van der Waals surface area contributed by atoms with E-state index in [0.29, 0.717) is 0 Å². The Morgan fingerprint density at radius 3 is 1.22 bits per heavy atom.